The molecule has 0 fully saturated rings. The first-order valence-corrected chi connectivity index (χ1v) is 7.41. The van der Waals surface area contributed by atoms with Crippen LogP contribution in [0.2, 0.25) is 0 Å². The first kappa shape index (κ1) is 13.4. The van der Waals surface area contributed by atoms with Gasteiger partial charge >= 0.3 is 0 Å². The average molecular weight is 330 g/mol. The second kappa shape index (κ2) is 5.06. The summed E-state index contributed by atoms with van der Waals surface area (Å²) < 4.78 is 7.01. The number of aromatic nitrogens is 1. The number of nitrogens with zero attached hydrogens (tertiary/aromatic N) is 1. The molecule has 1 aliphatic rings. The molecule has 3 heteroatoms. The first-order valence-electron chi connectivity index (χ1n) is 6.62. The highest BCUT2D eigenvalue weighted by molar-refractivity contribution is 9.10. The van der Waals surface area contributed by atoms with Crippen LogP contribution in [0.5, 0.6) is 5.75 Å². The molecular weight excluding hydrogens is 314 g/mol. The summed E-state index contributed by atoms with van der Waals surface area (Å²) in [6.07, 6.45) is 4.08. The van der Waals surface area contributed by atoms with E-state index in [1.165, 1.54) is 0 Å². The second-order valence-electron chi connectivity index (χ2n) is 5.69. The predicted molar refractivity (Wildman–Crippen MR) is 84.7 cm³/mol. The zero-order chi connectivity index (χ0) is 14.2. The van der Waals surface area contributed by atoms with E-state index in [1.54, 1.807) is 0 Å². The topological polar surface area (TPSA) is 22.1 Å². The van der Waals surface area contributed by atoms with Crippen LogP contribution in [0.15, 0.2) is 53.1 Å². The summed E-state index contributed by atoms with van der Waals surface area (Å²) in [6, 6.07) is 12.1. The van der Waals surface area contributed by atoms with Crippen molar-refractivity contribution >= 4 is 21.5 Å². The lowest BCUT2D eigenvalue weighted by atomic mass is 9.89. The van der Waals surface area contributed by atoms with E-state index < -0.39 is 0 Å². The third-order valence-corrected chi connectivity index (χ3v) is 3.80. The van der Waals surface area contributed by atoms with Crippen molar-refractivity contribution in [2.24, 2.45) is 5.41 Å². The Morgan fingerprint density at radius 1 is 1.20 bits per heavy atom. The maximum absolute atomic E-state index is 5.97. The largest absolute Gasteiger partial charge is 0.492 e. The number of fused-ring (bicyclic) bond motifs is 1. The molecule has 3 rings (SSSR count). The molecule has 1 aromatic heterocycles. The summed E-state index contributed by atoms with van der Waals surface area (Å²) in [6.45, 7) is 5.02. The molecule has 0 unspecified atom stereocenters. The minimum absolute atomic E-state index is 0.0294. The van der Waals surface area contributed by atoms with Crippen molar-refractivity contribution in [3.63, 3.8) is 0 Å². The van der Waals surface area contributed by atoms with Gasteiger partial charge in [0.25, 0.3) is 0 Å². The standard InChI is InChI=1S/C17H16BrNO/c1-17(2)10-14(15-5-3-4-8-19-15)13-9-12(18)6-7-16(13)20-11-17/h3-10H,11H2,1-2H3. The maximum atomic E-state index is 5.97. The van der Waals surface area contributed by atoms with Crippen molar-refractivity contribution in [3.8, 4) is 5.75 Å². The Bertz CT molecular complexity index is 662. The average Bonchev–Trinajstić information content (AvgIpc) is 2.57. The zero-order valence-electron chi connectivity index (χ0n) is 11.6. The van der Waals surface area contributed by atoms with E-state index in [2.05, 4.69) is 46.9 Å². The number of halogens is 1. The number of ether oxygens (including phenoxy) is 1. The van der Waals surface area contributed by atoms with Gasteiger partial charge in [0, 0.05) is 27.2 Å². The van der Waals surface area contributed by atoms with Gasteiger partial charge in [-0.15, -0.1) is 0 Å². The summed E-state index contributed by atoms with van der Waals surface area (Å²) in [5.41, 5.74) is 3.16. The Labute approximate surface area is 127 Å². The molecule has 0 saturated carbocycles. The number of hydrogen-bond donors (Lipinski definition) is 0. The van der Waals surface area contributed by atoms with Crippen molar-refractivity contribution in [3.05, 3.63) is 64.4 Å². The number of pyridine rings is 1. The van der Waals surface area contributed by atoms with Crippen molar-refractivity contribution in [2.75, 3.05) is 6.61 Å². The van der Waals surface area contributed by atoms with E-state index in [0.29, 0.717) is 6.61 Å². The minimum Gasteiger partial charge on any atom is -0.492 e. The van der Waals surface area contributed by atoms with Crippen LogP contribution in [0.1, 0.15) is 25.1 Å². The summed E-state index contributed by atoms with van der Waals surface area (Å²) in [5, 5.41) is 0. The lowest BCUT2D eigenvalue weighted by molar-refractivity contribution is 0.225. The summed E-state index contributed by atoms with van der Waals surface area (Å²) in [4.78, 5) is 4.50. The van der Waals surface area contributed by atoms with Gasteiger partial charge in [0.1, 0.15) is 5.75 Å². The molecule has 2 heterocycles. The molecule has 1 aliphatic heterocycles. The molecule has 0 aliphatic carbocycles. The molecule has 2 nitrogen and oxygen atoms in total. The fourth-order valence-corrected chi connectivity index (χ4v) is 2.71. The minimum atomic E-state index is -0.0294. The van der Waals surface area contributed by atoms with Crippen LogP contribution in [0.25, 0.3) is 5.57 Å². The van der Waals surface area contributed by atoms with E-state index in [1.807, 2.05) is 36.5 Å². The highest BCUT2D eigenvalue weighted by atomic mass is 79.9. The maximum Gasteiger partial charge on any atom is 0.127 e. The van der Waals surface area contributed by atoms with Crippen LogP contribution in [0, 0.1) is 5.41 Å². The summed E-state index contributed by atoms with van der Waals surface area (Å²) in [5.74, 6) is 0.913. The van der Waals surface area contributed by atoms with Gasteiger partial charge in [0.05, 0.1) is 12.3 Å². The van der Waals surface area contributed by atoms with E-state index >= 15 is 0 Å². The zero-order valence-corrected chi connectivity index (χ0v) is 13.1. The van der Waals surface area contributed by atoms with Gasteiger partial charge in [-0.2, -0.15) is 0 Å². The molecule has 102 valence electrons. The Kier molecular flexibility index (Phi) is 3.38. The van der Waals surface area contributed by atoms with Crippen LogP contribution in [-0.2, 0) is 0 Å². The van der Waals surface area contributed by atoms with Gasteiger partial charge in [-0.25, -0.2) is 0 Å². The quantitative estimate of drug-likeness (QED) is 0.756. The second-order valence-corrected chi connectivity index (χ2v) is 6.61. The molecule has 0 bridgehead atoms. The molecule has 0 spiro atoms. The molecule has 0 amide bonds. The molecule has 0 radical (unpaired) electrons. The highest BCUT2D eigenvalue weighted by Crippen LogP contribution is 2.38. The van der Waals surface area contributed by atoms with E-state index in [-0.39, 0.29) is 5.41 Å². The SMILES string of the molecule is CC1(C)C=C(c2ccccn2)c2cc(Br)ccc2OC1. The van der Waals surface area contributed by atoms with E-state index in [4.69, 9.17) is 4.74 Å². The number of rotatable bonds is 1. The molecule has 0 N–H and O–H groups in total. The Morgan fingerprint density at radius 3 is 2.80 bits per heavy atom. The van der Waals surface area contributed by atoms with Crippen LogP contribution in [0.4, 0.5) is 0 Å². The lowest BCUT2D eigenvalue weighted by Crippen LogP contribution is -2.17. The molecular formula is C17H16BrNO. The fourth-order valence-electron chi connectivity index (χ4n) is 2.35. The molecule has 1 aromatic carbocycles. The van der Waals surface area contributed by atoms with Crippen LogP contribution >= 0.6 is 15.9 Å². The Hall–Kier alpha value is -1.61. The molecule has 0 saturated heterocycles. The normalized spacial score (nSPS) is 16.6. The monoisotopic (exact) mass is 329 g/mol. The van der Waals surface area contributed by atoms with E-state index in [0.717, 1.165) is 27.1 Å². The Morgan fingerprint density at radius 2 is 2.05 bits per heavy atom. The first-order chi connectivity index (χ1) is 9.55. The van der Waals surface area contributed by atoms with Crippen molar-refractivity contribution in [1.29, 1.82) is 0 Å². The Balaban J connectivity index is 2.23. The van der Waals surface area contributed by atoms with Gasteiger partial charge in [-0.3, -0.25) is 4.98 Å². The summed E-state index contributed by atoms with van der Waals surface area (Å²) >= 11 is 3.54. The lowest BCUT2D eigenvalue weighted by Gasteiger charge is -2.18. The number of benzene rings is 1. The third kappa shape index (κ3) is 2.63. The van der Waals surface area contributed by atoms with Crippen LogP contribution < -0.4 is 4.74 Å². The van der Waals surface area contributed by atoms with Gasteiger partial charge in [0.2, 0.25) is 0 Å². The molecule has 0 atom stereocenters. The van der Waals surface area contributed by atoms with Crippen molar-refractivity contribution in [1.82, 2.24) is 4.98 Å². The smallest absolute Gasteiger partial charge is 0.127 e. The molecule has 20 heavy (non-hydrogen) atoms. The molecule has 2 aromatic rings. The van der Waals surface area contributed by atoms with E-state index in [9.17, 15) is 0 Å². The van der Waals surface area contributed by atoms with Gasteiger partial charge in [-0.1, -0.05) is 41.9 Å². The van der Waals surface area contributed by atoms with Gasteiger partial charge < -0.3 is 4.74 Å². The van der Waals surface area contributed by atoms with Gasteiger partial charge in [-0.05, 0) is 30.3 Å². The fraction of sp³-hybridized carbons (Fsp3) is 0.235. The van der Waals surface area contributed by atoms with Crippen LogP contribution in [-0.4, -0.2) is 11.6 Å². The highest BCUT2D eigenvalue weighted by Gasteiger charge is 2.25. The van der Waals surface area contributed by atoms with Crippen molar-refractivity contribution < 1.29 is 4.74 Å². The van der Waals surface area contributed by atoms with Crippen molar-refractivity contribution in [2.45, 2.75) is 13.8 Å². The number of hydrogen-bond acceptors (Lipinski definition) is 2. The van der Waals surface area contributed by atoms with Gasteiger partial charge in [0.15, 0.2) is 0 Å². The van der Waals surface area contributed by atoms with Crippen LogP contribution in [0.3, 0.4) is 0 Å². The summed E-state index contributed by atoms with van der Waals surface area (Å²) in [7, 11) is 0. The third-order valence-electron chi connectivity index (χ3n) is 3.31. The predicted octanol–water partition coefficient (Wildman–Crippen LogP) is 4.69.